The van der Waals surface area contributed by atoms with E-state index < -0.39 is 11.1 Å². The predicted octanol–water partition coefficient (Wildman–Crippen LogP) is 3.82. The highest BCUT2D eigenvalue weighted by Gasteiger charge is 2.55. The third-order valence-electron chi connectivity index (χ3n) is 6.15. The Kier molecular flexibility index (Phi) is 5.13. The summed E-state index contributed by atoms with van der Waals surface area (Å²) in [5, 5.41) is 0. The van der Waals surface area contributed by atoms with Gasteiger partial charge >= 0.3 is 6.09 Å². The van der Waals surface area contributed by atoms with Crippen molar-refractivity contribution in [3.8, 4) is 0 Å². The molecular formula is C23H35N3O3. The summed E-state index contributed by atoms with van der Waals surface area (Å²) in [6.45, 7) is 13.0. The molecule has 160 valence electrons. The van der Waals surface area contributed by atoms with Gasteiger partial charge in [0.1, 0.15) is 11.9 Å². The fourth-order valence-corrected chi connectivity index (χ4v) is 4.85. The SMILES string of the molecule is CN(C)c1cccc2c1N(C(C)(C)C=O)C1CCN(C(=O)OC(C)(C)C)CC21C. The molecule has 0 aromatic heterocycles. The number of amides is 1. The number of rotatable bonds is 3. The maximum atomic E-state index is 12.8. The fraction of sp³-hybridized carbons (Fsp3) is 0.652. The van der Waals surface area contributed by atoms with Crippen molar-refractivity contribution < 1.29 is 14.3 Å². The van der Waals surface area contributed by atoms with Crippen molar-refractivity contribution in [3.05, 3.63) is 23.8 Å². The summed E-state index contributed by atoms with van der Waals surface area (Å²) in [6.07, 6.45) is 1.56. The number of hydrogen-bond acceptors (Lipinski definition) is 5. The highest BCUT2D eigenvalue weighted by atomic mass is 16.6. The van der Waals surface area contributed by atoms with Crippen molar-refractivity contribution in [2.45, 2.75) is 70.6 Å². The predicted molar refractivity (Wildman–Crippen MR) is 117 cm³/mol. The molecule has 2 heterocycles. The summed E-state index contributed by atoms with van der Waals surface area (Å²) in [5.41, 5.74) is 1.95. The monoisotopic (exact) mass is 401 g/mol. The standard InChI is InChI=1S/C23H35N3O3/c1-21(2,3)29-20(28)25-13-12-18-23(6,14-25)16-10-9-11-17(24(7)8)19(16)26(18)22(4,5)15-27/h9-11,15,18H,12-14H2,1-8H3. The van der Waals surface area contributed by atoms with Gasteiger partial charge in [0.05, 0.1) is 16.9 Å². The summed E-state index contributed by atoms with van der Waals surface area (Å²) >= 11 is 0. The van der Waals surface area contributed by atoms with E-state index in [1.54, 1.807) is 0 Å². The van der Waals surface area contributed by atoms with E-state index in [0.717, 1.165) is 24.1 Å². The number of carbonyl (C=O) groups is 2. The molecule has 2 aliphatic rings. The van der Waals surface area contributed by atoms with E-state index in [1.165, 1.54) is 5.56 Å². The molecule has 0 bridgehead atoms. The highest BCUT2D eigenvalue weighted by molar-refractivity contribution is 5.85. The number of fused-ring (bicyclic) bond motifs is 3. The van der Waals surface area contributed by atoms with Gasteiger partial charge in [-0.2, -0.15) is 0 Å². The Hall–Kier alpha value is -2.24. The van der Waals surface area contributed by atoms with Crippen LogP contribution in [0.3, 0.4) is 0 Å². The van der Waals surface area contributed by atoms with Gasteiger partial charge in [-0.05, 0) is 52.7 Å². The Morgan fingerprint density at radius 3 is 2.45 bits per heavy atom. The van der Waals surface area contributed by atoms with E-state index in [4.69, 9.17) is 4.74 Å². The van der Waals surface area contributed by atoms with E-state index in [-0.39, 0.29) is 17.6 Å². The number of anilines is 2. The minimum absolute atomic E-state index is 0.137. The molecule has 1 amide bonds. The normalized spacial score (nSPS) is 24.1. The molecule has 0 saturated carbocycles. The van der Waals surface area contributed by atoms with Gasteiger partial charge < -0.3 is 24.2 Å². The lowest BCUT2D eigenvalue weighted by Crippen LogP contribution is -2.61. The number of carbonyl (C=O) groups excluding carboxylic acids is 2. The van der Waals surface area contributed by atoms with Crippen molar-refractivity contribution in [1.29, 1.82) is 0 Å². The van der Waals surface area contributed by atoms with Gasteiger partial charge in [0, 0.05) is 38.6 Å². The van der Waals surface area contributed by atoms with Gasteiger partial charge in [0.15, 0.2) is 0 Å². The molecule has 0 N–H and O–H groups in total. The van der Waals surface area contributed by atoms with Gasteiger partial charge in [0.25, 0.3) is 0 Å². The molecule has 1 aromatic carbocycles. The molecule has 29 heavy (non-hydrogen) atoms. The van der Waals surface area contributed by atoms with Crippen LogP contribution >= 0.6 is 0 Å². The molecule has 2 atom stereocenters. The lowest BCUT2D eigenvalue weighted by molar-refractivity contribution is -0.111. The smallest absolute Gasteiger partial charge is 0.410 e. The lowest BCUT2D eigenvalue weighted by atomic mass is 9.74. The number of piperidine rings is 1. The largest absolute Gasteiger partial charge is 0.444 e. The number of ether oxygens (including phenoxy) is 1. The highest BCUT2D eigenvalue weighted by Crippen LogP contribution is 2.54. The van der Waals surface area contributed by atoms with Crippen LogP contribution in [0.2, 0.25) is 0 Å². The third-order valence-corrected chi connectivity index (χ3v) is 6.15. The van der Waals surface area contributed by atoms with Crippen molar-refractivity contribution in [2.24, 2.45) is 0 Å². The van der Waals surface area contributed by atoms with Crippen LogP contribution in [-0.4, -0.2) is 61.6 Å². The molecular weight excluding hydrogens is 366 g/mol. The van der Waals surface area contributed by atoms with E-state index in [1.807, 2.05) is 53.6 Å². The number of hydrogen-bond donors (Lipinski definition) is 0. The Morgan fingerprint density at radius 2 is 1.90 bits per heavy atom. The maximum Gasteiger partial charge on any atom is 0.410 e. The fourth-order valence-electron chi connectivity index (χ4n) is 4.85. The quantitative estimate of drug-likeness (QED) is 0.721. The lowest BCUT2D eigenvalue weighted by Gasteiger charge is -2.48. The van der Waals surface area contributed by atoms with Gasteiger partial charge in [0.2, 0.25) is 0 Å². The van der Waals surface area contributed by atoms with Crippen LogP contribution < -0.4 is 9.80 Å². The van der Waals surface area contributed by atoms with Crippen LogP contribution in [0.15, 0.2) is 18.2 Å². The molecule has 1 saturated heterocycles. The summed E-state index contributed by atoms with van der Waals surface area (Å²) in [6, 6.07) is 6.45. The van der Waals surface area contributed by atoms with Gasteiger partial charge in [-0.3, -0.25) is 0 Å². The molecule has 3 rings (SSSR count). The molecule has 0 radical (unpaired) electrons. The van der Waals surface area contributed by atoms with Crippen LogP contribution in [0.5, 0.6) is 0 Å². The Bertz CT molecular complexity index is 812. The Labute approximate surface area is 174 Å². The topological polar surface area (TPSA) is 53.1 Å². The van der Waals surface area contributed by atoms with Crippen molar-refractivity contribution >= 4 is 23.8 Å². The number of para-hydroxylation sites is 1. The first-order chi connectivity index (χ1) is 13.3. The zero-order valence-corrected chi connectivity index (χ0v) is 19.1. The number of nitrogens with zero attached hydrogens (tertiary/aromatic N) is 3. The average Bonchev–Trinajstić information content (AvgIpc) is 2.88. The number of aldehydes is 1. The molecule has 2 aliphatic heterocycles. The summed E-state index contributed by atoms with van der Waals surface area (Å²) in [5.74, 6) is 0. The summed E-state index contributed by atoms with van der Waals surface area (Å²) in [7, 11) is 4.05. The van der Waals surface area contributed by atoms with Crippen LogP contribution in [0, 0.1) is 0 Å². The second-order valence-corrected chi connectivity index (χ2v) is 10.3. The maximum absolute atomic E-state index is 12.8. The van der Waals surface area contributed by atoms with E-state index in [9.17, 15) is 9.59 Å². The summed E-state index contributed by atoms with van der Waals surface area (Å²) < 4.78 is 5.64. The second kappa shape index (κ2) is 6.92. The zero-order chi connectivity index (χ0) is 21.8. The minimum atomic E-state index is -0.641. The molecule has 0 aliphatic carbocycles. The second-order valence-electron chi connectivity index (χ2n) is 10.3. The molecule has 1 fully saturated rings. The van der Waals surface area contributed by atoms with Gasteiger partial charge in [-0.25, -0.2) is 4.79 Å². The van der Waals surface area contributed by atoms with Crippen molar-refractivity contribution in [2.75, 3.05) is 37.0 Å². The van der Waals surface area contributed by atoms with Crippen LogP contribution in [0.4, 0.5) is 16.2 Å². The van der Waals surface area contributed by atoms with Gasteiger partial charge in [-0.1, -0.05) is 19.1 Å². The van der Waals surface area contributed by atoms with E-state index in [2.05, 4.69) is 34.9 Å². The first-order valence-corrected chi connectivity index (χ1v) is 10.4. The first-order valence-electron chi connectivity index (χ1n) is 10.4. The number of benzene rings is 1. The van der Waals surface area contributed by atoms with Gasteiger partial charge in [-0.15, -0.1) is 0 Å². The van der Waals surface area contributed by atoms with E-state index >= 15 is 0 Å². The third kappa shape index (κ3) is 3.58. The minimum Gasteiger partial charge on any atom is -0.444 e. The van der Waals surface area contributed by atoms with E-state index in [0.29, 0.717) is 13.1 Å². The van der Waals surface area contributed by atoms with Crippen molar-refractivity contribution in [3.63, 3.8) is 0 Å². The van der Waals surface area contributed by atoms with Crippen LogP contribution in [0.1, 0.15) is 53.5 Å². The Morgan fingerprint density at radius 1 is 1.24 bits per heavy atom. The average molecular weight is 402 g/mol. The zero-order valence-electron chi connectivity index (χ0n) is 19.1. The molecule has 2 unspecified atom stereocenters. The van der Waals surface area contributed by atoms with Crippen LogP contribution in [-0.2, 0) is 14.9 Å². The van der Waals surface area contributed by atoms with Crippen LogP contribution in [0.25, 0.3) is 0 Å². The molecule has 6 heteroatoms. The number of likely N-dealkylation sites (tertiary alicyclic amines) is 1. The first kappa shape index (κ1) is 21.5. The molecule has 0 spiro atoms. The summed E-state index contributed by atoms with van der Waals surface area (Å²) in [4.78, 5) is 31.1. The van der Waals surface area contributed by atoms with Crippen molar-refractivity contribution in [1.82, 2.24) is 4.90 Å². The molecule has 6 nitrogen and oxygen atoms in total. The Balaban J connectivity index is 2.08. The molecule has 1 aromatic rings.